The lowest BCUT2D eigenvalue weighted by Gasteiger charge is -2.12. The second-order valence-electron chi connectivity index (χ2n) is 4.10. The van der Waals surface area contributed by atoms with E-state index in [1.807, 2.05) is 24.3 Å². The summed E-state index contributed by atoms with van der Waals surface area (Å²) in [6, 6.07) is 12.0. The first kappa shape index (κ1) is 13.7. The third-order valence-electron chi connectivity index (χ3n) is 2.70. The first-order chi connectivity index (χ1) is 8.75. The highest BCUT2D eigenvalue weighted by molar-refractivity contribution is 9.10. The molecule has 1 aromatic heterocycles. The molecule has 0 saturated carbocycles. The molecule has 0 fully saturated rings. The van der Waals surface area contributed by atoms with Gasteiger partial charge in [0.25, 0.3) is 0 Å². The maximum absolute atomic E-state index is 10.0. The number of rotatable bonds is 6. The average molecular weight is 326 g/mol. The summed E-state index contributed by atoms with van der Waals surface area (Å²) in [7, 11) is 0. The van der Waals surface area contributed by atoms with Crippen molar-refractivity contribution in [1.29, 1.82) is 0 Å². The molecule has 1 heterocycles. The molecule has 2 nitrogen and oxygen atoms in total. The molecular weight excluding hydrogens is 310 g/mol. The van der Waals surface area contributed by atoms with E-state index >= 15 is 0 Å². The van der Waals surface area contributed by atoms with E-state index in [0.29, 0.717) is 6.54 Å². The highest BCUT2D eigenvalue weighted by Crippen LogP contribution is 2.17. The molecule has 0 aliphatic heterocycles. The number of nitrogens with one attached hydrogen (secondary N) is 1. The second kappa shape index (κ2) is 7.04. The van der Waals surface area contributed by atoms with Crippen LogP contribution in [0.4, 0.5) is 0 Å². The fraction of sp³-hybridized carbons (Fsp3) is 0.286. The molecule has 0 saturated heterocycles. The number of hydrogen-bond acceptors (Lipinski definition) is 3. The Labute approximate surface area is 120 Å². The van der Waals surface area contributed by atoms with Crippen LogP contribution in [0, 0.1) is 0 Å². The van der Waals surface area contributed by atoms with Crippen LogP contribution in [0.2, 0.25) is 0 Å². The van der Waals surface area contributed by atoms with Gasteiger partial charge in [0.05, 0.1) is 6.10 Å². The number of aliphatic hydroxyl groups excluding tert-OH is 1. The molecule has 0 bridgehead atoms. The monoisotopic (exact) mass is 325 g/mol. The van der Waals surface area contributed by atoms with Crippen LogP contribution in [0.1, 0.15) is 16.5 Å². The minimum Gasteiger partial charge on any atom is -0.387 e. The van der Waals surface area contributed by atoms with Gasteiger partial charge in [0, 0.05) is 22.4 Å². The van der Waals surface area contributed by atoms with Crippen molar-refractivity contribution in [1.82, 2.24) is 5.32 Å². The summed E-state index contributed by atoms with van der Waals surface area (Å²) >= 11 is 5.18. The van der Waals surface area contributed by atoms with Crippen molar-refractivity contribution in [3.63, 3.8) is 0 Å². The SMILES string of the molecule is OC(CNCCc1cccs1)c1cccc(Br)c1. The van der Waals surface area contributed by atoms with Gasteiger partial charge >= 0.3 is 0 Å². The minimum absolute atomic E-state index is 0.453. The zero-order valence-electron chi connectivity index (χ0n) is 9.97. The topological polar surface area (TPSA) is 32.3 Å². The Hall–Kier alpha value is -0.680. The molecule has 2 N–H and O–H groups in total. The fourth-order valence-corrected chi connectivity index (χ4v) is 2.86. The van der Waals surface area contributed by atoms with E-state index in [4.69, 9.17) is 0 Å². The van der Waals surface area contributed by atoms with E-state index in [2.05, 4.69) is 38.8 Å². The zero-order valence-corrected chi connectivity index (χ0v) is 12.4. The highest BCUT2D eigenvalue weighted by atomic mass is 79.9. The number of aliphatic hydroxyl groups is 1. The fourth-order valence-electron chi connectivity index (χ4n) is 1.74. The molecule has 0 amide bonds. The van der Waals surface area contributed by atoms with Crippen LogP contribution in [-0.2, 0) is 6.42 Å². The molecule has 1 aromatic carbocycles. The van der Waals surface area contributed by atoms with Crippen molar-refractivity contribution in [2.45, 2.75) is 12.5 Å². The summed E-state index contributed by atoms with van der Waals surface area (Å²) in [5.41, 5.74) is 0.938. The minimum atomic E-state index is -0.453. The molecule has 2 aromatic rings. The van der Waals surface area contributed by atoms with Crippen molar-refractivity contribution in [3.8, 4) is 0 Å². The van der Waals surface area contributed by atoms with Crippen molar-refractivity contribution in [2.24, 2.45) is 0 Å². The normalized spacial score (nSPS) is 12.6. The van der Waals surface area contributed by atoms with Gasteiger partial charge in [0.2, 0.25) is 0 Å². The van der Waals surface area contributed by atoms with Gasteiger partial charge in [0.15, 0.2) is 0 Å². The third kappa shape index (κ3) is 4.21. The Morgan fingerprint density at radius 2 is 2.17 bits per heavy atom. The van der Waals surface area contributed by atoms with E-state index in [1.165, 1.54) is 4.88 Å². The Kier molecular flexibility index (Phi) is 5.38. The average Bonchev–Trinajstić information content (AvgIpc) is 2.87. The molecular formula is C14H16BrNOS. The molecule has 4 heteroatoms. The summed E-state index contributed by atoms with van der Waals surface area (Å²) in [6.07, 6.45) is 0.564. The Bertz CT molecular complexity index is 472. The largest absolute Gasteiger partial charge is 0.387 e. The molecule has 1 unspecified atom stereocenters. The van der Waals surface area contributed by atoms with Gasteiger partial charge in [-0.25, -0.2) is 0 Å². The van der Waals surface area contributed by atoms with Crippen LogP contribution in [0.5, 0.6) is 0 Å². The molecule has 0 radical (unpaired) electrons. The zero-order chi connectivity index (χ0) is 12.8. The summed E-state index contributed by atoms with van der Waals surface area (Å²) in [5, 5.41) is 15.4. The van der Waals surface area contributed by atoms with Gasteiger partial charge < -0.3 is 10.4 Å². The predicted octanol–water partition coefficient (Wildman–Crippen LogP) is 3.38. The summed E-state index contributed by atoms with van der Waals surface area (Å²) in [4.78, 5) is 1.37. The smallest absolute Gasteiger partial charge is 0.0914 e. The van der Waals surface area contributed by atoms with Crippen LogP contribution in [0.25, 0.3) is 0 Å². The maximum atomic E-state index is 10.0. The lowest BCUT2D eigenvalue weighted by molar-refractivity contribution is 0.175. The lowest BCUT2D eigenvalue weighted by Crippen LogP contribution is -2.23. The maximum Gasteiger partial charge on any atom is 0.0914 e. The second-order valence-corrected chi connectivity index (χ2v) is 6.05. The standard InChI is InChI=1S/C14H16BrNOS/c15-12-4-1-3-11(9-12)14(17)10-16-7-6-13-5-2-8-18-13/h1-5,8-9,14,16-17H,6-7,10H2. The van der Waals surface area contributed by atoms with E-state index < -0.39 is 6.10 Å². The van der Waals surface area contributed by atoms with Gasteiger partial charge in [-0.05, 0) is 35.6 Å². The van der Waals surface area contributed by atoms with E-state index in [0.717, 1.165) is 23.0 Å². The molecule has 18 heavy (non-hydrogen) atoms. The van der Waals surface area contributed by atoms with Crippen molar-refractivity contribution < 1.29 is 5.11 Å². The van der Waals surface area contributed by atoms with Crippen LogP contribution in [0.3, 0.4) is 0 Å². The molecule has 0 spiro atoms. The van der Waals surface area contributed by atoms with Crippen LogP contribution < -0.4 is 5.32 Å². The number of hydrogen-bond donors (Lipinski definition) is 2. The van der Waals surface area contributed by atoms with Crippen molar-refractivity contribution in [2.75, 3.05) is 13.1 Å². The molecule has 1 atom stereocenters. The molecule has 2 rings (SSSR count). The lowest BCUT2D eigenvalue weighted by atomic mass is 10.1. The van der Waals surface area contributed by atoms with Crippen LogP contribution in [0.15, 0.2) is 46.3 Å². The van der Waals surface area contributed by atoms with E-state index in [-0.39, 0.29) is 0 Å². The quantitative estimate of drug-likeness (QED) is 0.798. The number of thiophene rings is 1. The molecule has 0 aliphatic rings. The molecule has 0 aliphatic carbocycles. The van der Waals surface area contributed by atoms with E-state index in [1.54, 1.807) is 11.3 Å². The summed E-state index contributed by atoms with van der Waals surface area (Å²) in [5.74, 6) is 0. The van der Waals surface area contributed by atoms with Gasteiger partial charge in [0.1, 0.15) is 0 Å². The number of benzene rings is 1. The van der Waals surface area contributed by atoms with Gasteiger partial charge in [-0.2, -0.15) is 0 Å². The highest BCUT2D eigenvalue weighted by Gasteiger charge is 2.06. The van der Waals surface area contributed by atoms with E-state index in [9.17, 15) is 5.11 Å². The van der Waals surface area contributed by atoms with Crippen LogP contribution >= 0.6 is 27.3 Å². The Morgan fingerprint density at radius 3 is 2.89 bits per heavy atom. The van der Waals surface area contributed by atoms with Crippen LogP contribution in [-0.4, -0.2) is 18.2 Å². The Balaban J connectivity index is 1.73. The Morgan fingerprint density at radius 1 is 1.28 bits per heavy atom. The first-order valence-electron chi connectivity index (χ1n) is 5.92. The third-order valence-corrected chi connectivity index (χ3v) is 4.13. The van der Waals surface area contributed by atoms with Gasteiger partial charge in [-0.1, -0.05) is 34.1 Å². The van der Waals surface area contributed by atoms with Gasteiger partial charge in [-0.3, -0.25) is 0 Å². The molecule has 96 valence electrons. The van der Waals surface area contributed by atoms with Crippen molar-refractivity contribution in [3.05, 3.63) is 56.7 Å². The summed E-state index contributed by atoms with van der Waals surface area (Å²) < 4.78 is 0.998. The van der Waals surface area contributed by atoms with Gasteiger partial charge in [-0.15, -0.1) is 11.3 Å². The predicted molar refractivity (Wildman–Crippen MR) is 80.0 cm³/mol. The summed E-state index contributed by atoms with van der Waals surface area (Å²) in [6.45, 7) is 1.48. The first-order valence-corrected chi connectivity index (χ1v) is 7.59. The van der Waals surface area contributed by atoms with Crippen molar-refractivity contribution >= 4 is 27.3 Å². The number of halogens is 1.